The minimum absolute atomic E-state index is 0.338. The molecule has 5 rings (SSSR count). The molecule has 6 nitrogen and oxygen atoms in total. The van der Waals surface area contributed by atoms with Gasteiger partial charge in [-0.05, 0) is 53.9 Å². The number of nitrogens with one attached hydrogen (secondary N) is 3. The third-order valence-electron chi connectivity index (χ3n) is 5.53. The fourth-order valence-corrected chi connectivity index (χ4v) is 3.94. The molecule has 0 radical (unpaired) electrons. The van der Waals surface area contributed by atoms with Crippen LogP contribution in [0.4, 0.5) is 5.82 Å². The van der Waals surface area contributed by atoms with Crippen LogP contribution in [0.1, 0.15) is 23.2 Å². The zero-order valence-corrected chi connectivity index (χ0v) is 16.4. The molecule has 1 aliphatic rings. The minimum atomic E-state index is 0.338. The summed E-state index contributed by atoms with van der Waals surface area (Å²) in [4.78, 5) is 12.0. The number of fused-ring (bicyclic) bond motifs is 1. The van der Waals surface area contributed by atoms with Crippen molar-refractivity contribution in [3.63, 3.8) is 0 Å². The number of benzene rings is 1. The van der Waals surface area contributed by atoms with Gasteiger partial charge in [-0.2, -0.15) is 0 Å². The predicted molar refractivity (Wildman–Crippen MR) is 122 cm³/mol. The monoisotopic (exact) mass is 394 g/mol. The fourth-order valence-electron chi connectivity index (χ4n) is 3.94. The van der Waals surface area contributed by atoms with E-state index in [1.54, 1.807) is 12.4 Å². The van der Waals surface area contributed by atoms with Crippen molar-refractivity contribution >= 4 is 28.0 Å². The number of rotatable bonds is 4. The van der Waals surface area contributed by atoms with E-state index >= 15 is 0 Å². The minimum Gasteiger partial charge on any atom is -0.383 e. The number of hydrogen-bond donors (Lipinski definition) is 4. The molecule has 1 aromatic carbocycles. The Bertz CT molecular complexity index is 1270. The summed E-state index contributed by atoms with van der Waals surface area (Å²) in [5.41, 5.74) is 13.2. The van der Waals surface area contributed by atoms with E-state index in [9.17, 15) is 0 Å². The third kappa shape index (κ3) is 3.27. The maximum atomic E-state index is 8.83. The third-order valence-corrected chi connectivity index (χ3v) is 5.53. The molecule has 0 saturated carbocycles. The predicted octanol–water partition coefficient (Wildman–Crippen LogP) is 4.00. The molecule has 0 unspecified atom stereocenters. The average Bonchev–Trinajstić information content (AvgIpc) is 3.25. The molecule has 4 heterocycles. The molecule has 0 amide bonds. The van der Waals surface area contributed by atoms with Crippen molar-refractivity contribution in [2.45, 2.75) is 6.42 Å². The van der Waals surface area contributed by atoms with Crippen LogP contribution in [0.3, 0.4) is 0 Å². The average molecular weight is 394 g/mol. The number of aromatic amines is 1. The summed E-state index contributed by atoms with van der Waals surface area (Å²) in [7, 11) is 0. The molecule has 5 N–H and O–H groups in total. The van der Waals surface area contributed by atoms with Crippen LogP contribution < -0.4 is 11.1 Å². The Kier molecular flexibility index (Phi) is 4.61. The molecule has 6 heteroatoms. The molecule has 0 fully saturated rings. The zero-order valence-electron chi connectivity index (χ0n) is 16.4. The van der Waals surface area contributed by atoms with Crippen LogP contribution in [-0.4, -0.2) is 33.8 Å². The number of nitrogen functional groups attached to an aromatic ring is 1. The van der Waals surface area contributed by atoms with Gasteiger partial charge >= 0.3 is 0 Å². The smallest absolute Gasteiger partial charge is 0.132 e. The second-order valence-corrected chi connectivity index (χ2v) is 7.41. The highest BCUT2D eigenvalue weighted by molar-refractivity contribution is 6.15. The van der Waals surface area contributed by atoms with Crippen molar-refractivity contribution < 1.29 is 0 Å². The van der Waals surface area contributed by atoms with Gasteiger partial charge in [0, 0.05) is 47.2 Å². The standard InChI is InChI=1S/C24H22N6/c25-23(20-11-17(14-29-24(20)26)15-6-9-27-10-7-15)22-12-19-18(4-1-5-21(19)30-22)16-3-2-8-28-13-16/h1-6,8,11-14,25,27,30H,7,9-10H2,(H2,26,29). The lowest BCUT2D eigenvalue weighted by Gasteiger charge is -2.15. The van der Waals surface area contributed by atoms with E-state index in [2.05, 4.69) is 32.4 Å². The largest absolute Gasteiger partial charge is 0.383 e. The number of nitrogens with zero attached hydrogens (tertiary/aromatic N) is 2. The van der Waals surface area contributed by atoms with Crippen molar-refractivity contribution in [2.24, 2.45) is 0 Å². The molecule has 148 valence electrons. The zero-order chi connectivity index (χ0) is 20.5. The first kappa shape index (κ1) is 18.3. The van der Waals surface area contributed by atoms with E-state index in [1.807, 2.05) is 42.6 Å². The van der Waals surface area contributed by atoms with Gasteiger partial charge in [-0.3, -0.25) is 10.4 Å². The molecule has 0 atom stereocenters. The molecule has 0 aliphatic carbocycles. The molecule has 4 aromatic rings. The van der Waals surface area contributed by atoms with Crippen molar-refractivity contribution in [3.8, 4) is 11.1 Å². The summed E-state index contributed by atoms with van der Waals surface area (Å²) >= 11 is 0. The quantitative estimate of drug-likeness (QED) is 0.393. The Hall–Kier alpha value is -3.77. The van der Waals surface area contributed by atoms with Gasteiger partial charge in [0.1, 0.15) is 5.82 Å². The van der Waals surface area contributed by atoms with E-state index in [1.165, 1.54) is 5.57 Å². The summed E-state index contributed by atoms with van der Waals surface area (Å²) in [5.74, 6) is 0.365. The molecule has 3 aromatic heterocycles. The van der Waals surface area contributed by atoms with Gasteiger partial charge in [0.05, 0.1) is 11.4 Å². The summed E-state index contributed by atoms with van der Waals surface area (Å²) in [5, 5.41) is 13.2. The Morgan fingerprint density at radius 1 is 1.07 bits per heavy atom. The Balaban J connectivity index is 1.56. The fraction of sp³-hybridized carbons (Fsp3) is 0.125. The van der Waals surface area contributed by atoms with E-state index in [0.29, 0.717) is 22.8 Å². The number of aromatic nitrogens is 3. The Morgan fingerprint density at radius 3 is 2.80 bits per heavy atom. The summed E-state index contributed by atoms with van der Waals surface area (Å²) in [6.07, 6.45) is 8.54. The summed E-state index contributed by atoms with van der Waals surface area (Å²) in [6, 6.07) is 14.1. The van der Waals surface area contributed by atoms with E-state index in [4.69, 9.17) is 11.1 Å². The van der Waals surface area contributed by atoms with E-state index in [0.717, 1.165) is 47.1 Å². The second kappa shape index (κ2) is 7.57. The maximum Gasteiger partial charge on any atom is 0.132 e. The number of anilines is 1. The summed E-state index contributed by atoms with van der Waals surface area (Å²) < 4.78 is 0. The van der Waals surface area contributed by atoms with Crippen LogP contribution in [0.2, 0.25) is 0 Å². The lowest BCUT2D eigenvalue weighted by molar-refractivity contribution is 0.738. The number of nitrogens with two attached hydrogens (primary N) is 1. The van der Waals surface area contributed by atoms with Crippen molar-refractivity contribution in [2.75, 3.05) is 18.8 Å². The second-order valence-electron chi connectivity index (χ2n) is 7.41. The van der Waals surface area contributed by atoms with E-state index in [-0.39, 0.29) is 0 Å². The van der Waals surface area contributed by atoms with Gasteiger partial charge in [-0.15, -0.1) is 0 Å². The Labute approximate surface area is 174 Å². The number of hydrogen-bond acceptors (Lipinski definition) is 5. The normalized spacial score (nSPS) is 13.9. The lowest BCUT2D eigenvalue weighted by Crippen LogP contribution is -2.20. The molecule has 0 bridgehead atoms. The first-order valence-corrected chi connectivity index (χ1v) is 9.98. The van der Waals surface area contributed by atoms with Crippen LogP contribution in [0.15, 0.2) is 67.1 Å². The molecule has 1 aliphatic heterocycles. The van der Waals surface area contributed by atoms with Gasteiger partial charge in [0.2, 0.25) is 0 Å². The van der Waals surface area contributed by atoms with E-state index < -0.39 is 0 Å². The number of H-pyrrole nitrogens is 1. The highest BCUT2D eigenvalue weighted by Gasteiger charge is 2.16. The maximum absolute atomic E-state index is 8.83. The topological polar surface area (TPSA) is 103 Å². The van der Waals surface area contributed by atoms with Crippen LogP contribution >= 0.6 is 0 Å². The molecular weight excluding hydrogens is 372 g/mol. The van der Waals surface area contributed by atoms with Crippen LogP contribution in [-0.2, 0) is 0 Å². The van der Waals surface area contributed by atoms with Crippen molar-refractivity contribution in [3.05, 3.63) is 84.0 Å². The molecular formula is C24H22N6. The first-order valence-electron chi connectivity index (χ1n) is 9.98. The molecule has 30 heavy (non-hydrogen) atoms. The van der Waals surface area contributed by atoms with Crippen LogP contribution in [0.5, 0.6) is 0 Å². The molecule has 0 saturated heterocycles. The number of pyridine rings is 2. The van der Waals surface area contributed by atoms with Crippen molar-refractivity contribution in [1.82, 2.24) is 20.3 Å². The van der Waals surface area contributed by atoms with Gasteiger partial charge in [-0.1, -0.05) is 24.3 Å². The summed E-state index contributed by atoms with van der Waals surface area (Å²) in [6.45, 7) is 1.80. The highest BCUT2D eigenvalue weighted by atomic mass is 14.9. The van der Waals surface area contributed by atoms with Crippen LogP contribution in [0.25, 0.3) is 27.6 Å². The lowest BCUT2D eigenvalue weighted by atomic mass is 9.98. The highest BCUT2D eigenvalue weighted by Crippen LogP contribution is 2.30. The van der Waals surface area contributed by atoms with Gasteiger partial charge in [0.25, 0.3) is 0 Å². The SMILES string of the molecule is N=C(c1cc2c(-c3cccnc3)cccc2[nH]1)c1cc(C2=CCNCC2)cnc1N. The first-order chi connectivity index (χ1) is 14.7. The van der Waals surface area contributed by atoms with Gasteiger partial charge in [-0.25, -0.2) is 4.98 Å². The van der Waals surface area contributed by atoms with Gasteiger partial charge in [0.15, 0.2) is 0 Å². The Morgan fingerprint density at radius 2 is 2.00 bits per heavy atom. The van der Waals surface area contributed by atoms with Crippen molar-refractivity contribution in [1.29, 1.82) is 5.41 Å². The van der Waals surface area contributed by atoms with Gasteiger partial charge < -0.3 is 16.0 Å². The van der Waals surface area contributed by atoms with Crippen LogP contribution in [0, 0.1) is 5.41 Å². The molecule has 0 spiro atoms.